The SMILES string of the molecule is COc1cc([C@H]2C3=CC[C@@H]4C(=O)N(C5CCN(Cc6ccccc6)CC5)C(=O)[C@@H]4[C@@H]3C[C@H]3C(=O)N(c4cc(-c5sc6ccc(Cl)cc6c5C)nn4C)C(=O)[C@@]23C)cc(I)c1O. The van der Waals surface area contributed by atoms with Gasteiger partial charge in [0.1, 0.15) is 11.5 Å². The Balaban J connectivity index is 1.01. The fraction of sp³-hybridized carbons (Fsp3) is 0.383. The normalized spacial score (nSPS) is 26.9. The predicted octanol–water partition coefficient (Wildman–Crippen LogP) is 8.48. The lowest BCUT2D eigenvalue weighted by Crippen LogP contribution is -2.49. The Morgan fingerprint density at radius 3 is 2.48 bits per heavy atom. The van der Waals surface area contributed by atoms with Crippen molar-refractivity contribution < 1.29 is 29.0 Å². The van der Waals surface area contributed by atoms with Gasteiger partial charge in [0.05, 0.1) is 38.7 Å². The summed E-state index contributed by atoms with van der Waals surface area (Å²) in [7, 11) is 3.22. The summed E-state index contributed by atoms with van der Waals surface area (Å²) in [5, 5.41) is 17.5. The van der Waals surface area contributed by atoms with Crippen LogP contribution < -0.4 is 9.64 Å². The number of piperidine rings is 1. The van der Waals surface area contributed by atoms with Crippen molar-refractivity contribution in [3.8, 4) is 22.1 Å². The predicted molar refractivity (Wildman–Crippen MR) is 242 cm³/mol. The van der Waals surface area contributed by atoms with E-state index in [2.05, 4.69) is 45.7 Å². The van der Waals surface area contributed by atoms with Crippen molar-refractivity contribution in [3.05, 3.63) is 104 Å². The molecule has 61 heavy (non-hydrogen) atoms. The van der Waals surface area contributed by atoms with Crippen molar-refractivity contribution in [2.24, 2.45) is 36.1 Å². The molecule has 5 aliphatic rings. The molecule has 11 nitrogen and oxygen atoms in total. The number of phenols is 1. The standard InChI is InChI=1S/C47H45ClIN5O6S/c1-24-31-20-27(48)10-13-37(31)61-42(24)35-22-38(51(3)50-35)54-44(57)33-21-32-29(40(47(33,2)46(54)59)26-18-34(49)41(55)36(19-26)60-4)11-12-30-39(32)45(58)53(43(30)56)28-14-16-52(17-15-28)23-25-8-6-5-7-9-25/h5-11,13,18-20,22,28,30,32-33,39-40,55H,12,14-17,21,23H2,1-4H3/t30-,32+,33-,39-,40-,47+/m0/s1. The highest BCUT2D eigenvalue weighted by Gasteiger charge is 2.68. The molecule has 0 spiro atoms. The number of hydrogen-bond donors (Lipinski definition) is 1. The minimum atomic E-state index is -1.27. The Bertz CT molecular complexity index is 2710. The lowest BCUT2D eigenvalue weighted by Gasteiger charge is -2.49. The van der Waals surface area contributed by atoms with Gasteiger partial charge in [-0.3, -0.25) is 33.7 Å². The number of nitrogens with zero attached hydrogens (tertiary/aromatic N) is 5. The molecular formula is C47H45ClIN5O6S. The van der Waals surface area contributed by atoms with Gasteiger partial charge in [0, 0.05) is 54.4 Å². The van der Waals surface area contributed by atoms with Crippen LogP contribution in [0.25, 0.3) is 20.7 Å². The molecule has 2 aromatic heterocycles. The van der Waals surface area contributed by atoms with E-state index >= 15 is 9.59 Å². The minimum Gasteiger partial charge on any atom is -0.504 e. The molecular weight excluding hydrogens is 925 g/mol. The number of carbonyl (C=O) groups is 4. The quantitative estimate of drug-likeness (QED) is 0.0979. The summed E-state index contributed by atoms with van der Waals surface area (Å²) in [6.45, 7) is 6.27. The van der Waals surface area contributed by atoms with Crippen molar-refractivity contribution >= 4 is 85.1 Å². The molecule has 0 bridgehead atoms. The molecule has 3 aromatic carbocycles. The number of hydrogen-bond acceptors (Lipinski definition) is 9. The summed E-state index contributed by atoms with van der Waals surface area (Å²) in [6.07, 6.45) is 4.09. The zero-order chi connectivity index (χ0) is 42.6. The maximum absolute atomic E-state index is 15.3. The third-order valence-electron chi connectivity index (χ3n) is 14.3. The molecule has 0 radical (unpaired) electrons. The van der Waals surface area contributed by atoms with Crippen molar-refractivity contribution in [1.29, 1.82) is 0 Å². The van der Waals surface area contributed by atoms with Crippen LogP contribution in [0.4, 0.5) is 5.82 Å². The van der Waals surface area contributed by atoms with E-state index in [1.165, 1.54) is 17.6 Å². The van der Waals surface area contributed by atoms with Gasteiger partial charge < -0.3 is 9.84 Å². The Morgan fingerprint density at radius 1 is 0.984 bits per heavy atom. The summed E-state index contributed by atoms with van der Waals surface area (Å²) in [5.74, 6) is -3.52. The van der Waals surface area contributed by atoms with E-state index in [0.717, 1.165) is 45.7 Å². The van der Waals surface area contributed by atoms with Gasteiger partial charge in [-0.15, -0.1) is 11.3 Å². The molecule has 5 heterocycles. The molecule has 14 heteroatoms. The number of benzene rings is 3. The molecule has 1 N–H and O–H groups in total. The van der Waals surface area contributed by atoms with E-state index in [1.807, 2.05) is 62.4 Å². The van der Waals surface area contributed by atoms with Crippen LogP contribution in [0, 0.1) is 39.6 Å². The molecule has 10 rings (SSSR count). The molecule has 6 atom stereocenters. The van der Waals surface area contributed by atoms with Crippen molar-refractivity contribution in [3.63, 3.8) is 0 Å². The smallest absolute Gasteiger partial charge is 0.242 e. The first kappa shape index (κ1) is 40.5. The maximum Gasteiger partial charge on any atom is 0.242 e. The lowest BCUT2D eigenvalue weighted by molar-refractivity contribution is -0.144. The highest BCUT2D eigenvalue weighted by Crippen LogP contribution is 2.64. The zero-order valence-electron chi connectivity index (χ0n) is 34.2. The van der Waals surface area contributed by atoms with Crippen LogP contribution >= 0.6 is 45.5 Å². The lowest BCUT2D eigenvalue weighted by atomic mass is 9.51. The number of allylic oxidation sites excluding steroid dienone is 2. The fourth-order valence-corrected chi connectivity index (χ4v) is 13.2. The van der Waals surface area contributed by atoms with Crippen LogP contribution in [-0.2, 0) is 32.8 Å². The van der Waals surface area contributed by atoms with Gasteiger partial charge in [-0.05, 0) is 120 Å². The molecule has 4 fully saturated rings. The van der Waals surface area contributed by atoms with Gasteiger partial charge in [-0.1, -0.05) is 53.6 Å². The van der Waals surface area contributed by atoms with Crippen LogP contribution in [-0.4, -0.2) is 74.6 Å². The topological polar surface area (TPSA) is 125 Å². The highest BCUT2D eigenvalue weighted by atomic mass is 127. The van der Waals surface area contributed by atoms with Gasteiger partial charge in [0.15, 0.2) is 11.5 Å². The second-order valence-corrected chi connectivity index (χ2v) is 20.1. The van der Waals surface area contributed by atoms with E-state index in [1.54, 1.807) is 34.0 Å². The molecule has 5 aromatic rings. The average molecular weight is 970 g/mol. The third-order valence-corrected chi connectivity index (χ3v) is 16.7. The van der Waals surface area contributed by atoms with Gasteiger partial charge in [0.25, 0.3) is 0 Å². The van der Waals surface area contributed by atoms with Crippen molar-refractivity contribution in [2.45, 2.75) is 58.0 Å². The molecule has 314 valence electrons. The Hall–Kier alpha value is -4.57. The summed E-state index contributed by atoms with van der Waals surface area (Å²) in [4.78, 5) is 65.8. The van der Waals surface area contributed by atoms with Crippen molar-refractivity contribution in [2.75, 3.05) is 25.1 Å². The monoisotopic (exact) mass is 969 g/mol. The Labute approximate surface area is 376 Å². The Morgan fingerprint density at radius 2 is 1.74 bits per heavy atom. The molecule has 4 amide bonds. The number of methoxy groups -OCH3 is 1. The van der Waals surface area contributed by atoms with Gasteiger partial charge >= 0.3 is 0 Å². The molecule has 3 saturated heterocycles. The number of anilines is 1. The number of likely N-dealkylation sites (tertiary alicyclic amines) is 2. The fourth-order valence-electron chi connectivity index (χ4n) is 11.3. The van der Waals surface area contributed by atoms with Gasteiger partial charge in [-0.25, -0.2) is 4.90 Å². The number of aromatic hydroxyl groups is 1. The zero-order valence-corrected chi connectivity index (χ0v) is 38.0. The number of phenolic OH excluding ortho intramolecular Hbond substituents is 1. The number of imide groups is 2. The van der Waals surface area contributed by atoms with E-state index in [-0.39, 0.29) is 47.6 Å². The van der Waals surface area contributed by atoms with Crippen LogP contribution in [0.3, 0.4) is 0 Å². The molecule has 3 aliphatic heterocycles. The first-order valence-corrected chi connectivity index (χ1v) is 23.1. The number of rotatable bonds is 7. The first-order valence-electron chi connectivity index (χ1n) is 20.8. The minimum absolute atomic E-state index is 0.0164. The van der Waals surface area contributed by atoms with Gasteiger partial charge in [-0.2, -0.15) is 5.10 Å². The number of amides is 4. The largest absolute Gasteiger partial charge is 0.504 e. The Kier molecular flexibility index (Phi) is 10.00. The van der Waals surface area contributed by atoms with Crippen LogP contribution in [0.2, 0.25) is 5.02 Å². The summed E-state index contributed by atoms with van der Waals surface area (Å²) < 4.78 is 8.81. The average Bonchev–Trinajstić information content (AvgIpc) is 3.92. The van der Waals surface area contributed by atoms with Gasteiger partial charge in [0.2, 0.25) is 23.6 Å². The maximum atomic E-state index is 15.3. The van der Waals surface area contributed by atoms with Crippen molar-refractivity contribution in [1.82, 2.24) is 19.6 Å². The number of thiophene rings is 1. The van der Waals surface area contributed by atoms with Crippen LogP contribution in [0.15, 0.2) is 78.4 Å². The molecule has 1 saturated carbocycles. The van der Waals surface area contributed by atoms with Crippen LogP contribution in [0.1, 0.15) is 55.2 Å². The van der Waals surface area contributed by atoms with Crippen LogP contribution in [0.5, 0.6) is 11.5 Å². The van der Waals surface area contributed by atoms with E-state index in [0.29, 0.717) is 44.9 Å². The van der Waals surface area contributed by atoms with E-state index in [4.69, 9.17) is 21.4 Å². The highest BCUT2D eigenvalue weighted by molar-refractivity contribution is 14.1. The summed E-state index contributed by atoms with van der Waals surface area (Å²) >= 11 is 9.99. The van der Waals surface area contributed by atoms with E-state index < -0.39 is 35.0 Å². The number of halogens is 2. The second-order valence-electron chi connectivity index (χ2n) is 17.5. The second kappa shape index (κ2) is 15.1. The number of aryl methyl sites for hydroxylation is 2. The number of aromatic nitrogens is 2. The van der Waals surface area contributed by atoms with E-state index in [9.17, 15) is 14.7 Å². The number of ether oxygens (including phenoxy) is 1. The molecule has 2 aliphatic carbocycles. The summed E-state index contributed by atoms with van der Waals surface area (Å²) in [6, 6.07) is 21.3. The first-order chi connectivity index (χ1) is 29.3. The number of carbonyl (C=O) groups excluding carboxylic acids is 4. The molecule has 0 unspecified atom stereocenters. The third kappa shape index (κ3) is 6.23. The number of fused-ring (bicyclic) bond motifs is 5. The summed E-state index contributed by atoms with van der Waals surface area (Å²) in [5.41, 5.74) is 3.20.